The van der Waals surface area contributed by atoms with Gasteiger partial charge in [0.1, 0.15) is 41.3 Å². The van der Waals surface area contributed by atoms with Crippen LogP contribution in [0.3, 0.4) is 0 Å². The van der Waals surface area contributed by atoms with Crippen molar-refractivity contribution in [1.82, 2.24) is 0 Å². The van der Waals surface area contributed by atoms with Crippen LogP contribution in [0.4, 0.5) is 28.4 Å². The zero-order valence-electron chi connectivity index (χ0n) is 44.9. The maximum atomic E-state index is 12.5. The molecule has 456 valence electrons. The number of hydrogen-bond acceptors (Lipinski definition) is 25. The number of nitriles is 2. The summed E-state index contributed by atoms with van der Waals surface area (Å²) in [5.74, 6) is -2.93. The standard InChI is InChI=1S/C16H16N2O6S2.C13H8N2O6S.C10H6ClNO5S.C10H7NO3.C6H7NO/c1-2-9-25-14-11-15(19)18(16(14)20)12-5-3-6-13(10-12)24-26(21,22)23-8-4-7-17;14-7-2-8-20-22(18,19)21-11-4-1-3-10(9-11)15-12(16)5-6-13(15)17;11-18(15,16)17-8-3-1-2-7(6-8)12-9(13)4-5-10(12)14;12-8-3-1-2-7(6-8)11-9(13)4-5-10(11)14;7-5-2-1-3-6(8)4-5/h3-6,8,10,14H,2,9,11H2,1H3;1-6,8-9H;1-6H;1-6,12H;1-4,8H,7H2/b8-4+;8-2+;;;. The molecule has 1 unspecified atom stereocenters. The van der Waals surface area contributed by atoms with E-state index in [2.05, 4.69) is 16.7 Å². The van der Waals surface area contributed by atoms with Crippen molar-refractivity contribution < 1.29 is 94.7 Å². The molecule has 88 heavy (non-hydrogen) atoms. The molecule has 8 amide bonds. The number of carbonyl (C=O) groups excluding carboxylic acids is 8. The van der Waals surface area contributed by atoms with Crippen LogP contribution in [0.5, 0.6) is 28.7 Å². The van der Waals surface area contributed by atoms with E-state index in [1.165, 1.54) is 115 Å². The predicted molar refractivity (Wildman–Crippen MR) is 315 cm³/mol. The fourth-order valence-corrected chi connectivity index (χ4v) is 9.77. The predicted octanol–water partition coefficient (Wildman–Crippen LogP) is 5.71. The van der Waals surface area contributed by atoms with Gasteiger partial charge >= 0.3 is 30.1 Å². The molecule has 1 saturated heterocycles. The largest absolute Gasteiger partial charge is 0.508 e. The Hall–Kier alpha value is -10.8. The Balaban J connectivity index is 0.000000208. The van der Waals surface area contributed by atoms with Gasteiger partial charge in [-0.05, 0) is 72.8 Å². The van der Waals surface area contributed by atoms with Gasteiger partial charge in [-0.3, -0.25) is 38.4 Å². The van der Waals surface area contributed by atoms with Gasteiger partial charge in [-0.15, -0.1) is 28.6 Å². The van der Waals surface area contributed by atoms with Gasteiger partial charge in [0.05, 0.1) is 63.0 Å². The number of nitrogens with two attached hydrogens (primary N) is 1. The number of anilines is 5. The molecule has 1 atom stereocenters. The highest BCUT2D eigenvalue weighted by Gasteiger charge is 2.40. The van der Waals surface area contributed by atoms with E-state index in [4.69, 9.17) is 36.2 Å². The van der Waals surface area contributed by atoms with Crippen LogP contribution in [0.2, 0.25) is 0 Å². The lowest BCUT2D eigenvalue weighted by molar-refractivity contribution is -0.122. The molecule has 0 bridgehead atoms. The Labute approximate surface area is 510 Å². The second kappa shape index (κ2) is 31.4. The van der Waals surface area contributed by atoms with Crippen LogP contribution < -0.4 is 37.9 Å². The number of thioether (sulfide) groups is 1. The molecule has 1 fully saturated rings. The molecule has 5 aromatic rings. The minimum absolute atomic E-state index is 0.0231. The van der Waals surface area contributed by atoms with Gasteiger partial charge < -0.3 is 36.9 Å². The van der Waals surface area contributed by atoms with Gasteiger partial charge in [-0.2, -0.15) is 18.9 Å². The van der Waals surface area contributed by atoms with E-state index in [9.17, 15) is 68.7 Å². The maximum absolute atomic E-state index is 12.5. The molecule has 0 saturated carbocycles. The summed E-state index contributed by atoms with van der Waals surface area (Å²) in [5.41, 5.74) is 6.84. The van der Waals surface area contributed by atoms with Crippen molar-refractivity contribution in [3.63, 3.8) is 0 Å². The molecule has 0 spiro atoms. The van der Waals surface area contributed by atoms with Gasteiger partial charge in [-0.1, -0.05) is 37.3 Å². The highest BCUT2D eigenvalue weighted by atomic mass is 35.7. The molecule has 0 aromatic heterocycles. The quantitative estimate of drug-likeness (QED) is 0.0330. The highest BCUT2D eigenvalue weighted by molar-refractivity contribution is 8.10. The molecule has 0 aliphatic carbocycles. The van der Waals surface area contributed by atoms with E-state index in [0.717, 1.165) is 68.2 Å². The maximum Gasteiger partial charge on any atom is 0.500 e. The van der Waals surface area contributed by atoms with Gasteiger partial charge in [0.25, 0.3) is 35.4 Å². The first-order valence-electron chi connectivity index (χ1n) is 24.4. The number of amides is 8. The Kier molecular flexibility index (Phi) is 24.3. The van der Waals surface area contributed by atoms with Crippen LogP contribution in [-0.4, -0.2) is 93.7 Å². The van der Waals surface area contributed by atoms with Crippen molar-refractivity contribution >= 4 is 128 Å². The summed E-state index contributed by atoms with van der Waals surface area (Å²) < 4.78 is 90.2. The number of hydrogen-bond donors (Lipinski definition) is 3. The van der Waals surface area contributed by atoms with Crippen molar-refractivity contribution in [3.05, 3.63) is 182 Å². The summed E-state index contributed by atoms with van der Waals surface area (Å²) in [6.07, 6.45) is 10.8. The lowest BCUT2D eigenvalue weighted by Gasteiger charge is -2.15. The van der Waals surface area contributed by atoms with Crippen molar-refractivity contribution in [3.8, 4) is 40.9 Å². The number of nitrogen functional groups attached to an aromatic ring is 1. The average molecular weight is 1300 g/mol. The van der Waals surface area contributed by atoms with Crippen molar-refractivity contribution in [2.24, 2.45) is 0 Å². The number of aromatic hydroxyl groups is 2. The summed E-state index contributed by atoms with van der Waals surface area (Å²) >= 11 is 1.43. The molecule has 4 aliphatic rings. The summed E-state index contributed by atoms with van der Waals surface area (Å²) in [4.78, 5) is 96.8. The van der Waals surface area contributed by atoms with Crippen LogP contribution >= 0.6 is 22.4 Å². The normalized spacial score (nSPS) is 15.2. The van der Waals surface area contributed by atoms with Crippen LogP contribution in [0.15, 0.2) is 182 Å². The number of rotatable bonds is 17. The Bertz CT molecular complexity index is 4050. The minimum Gasteiger partial charge on any atom is -0.508 e. The van der Waals surface area contributed by atoms with E-state index in [1.54, 1.807) is 42.5 Å². The first-order valence-corrected chi connectivity index (χ1v) is 30.4. The van der Waals surface area contributed by atoms with E-state index in [0.29, 0.717) is 23.9 Å². The third kappa shape index (κ3) is 20.8. The third-order valence-electron chi connectivity index (χ3n) is 10.5. The number of imide groups is 4. The molecular weight excluding hydrogens is 1260 g/mol. The Morgan fingerprint density at radius 3 is 1.24 bits per heavy atom. The molecule has 9 rings (SSSR count). The average Bonchev–Trinajstić information content (AvgIpc) is 2.70. The van der Waals surface area contributed by atoms with Crippen molar-refractivity contribution in [1.29, 1.82) is 10.5 Å². The van der Waals surface area contributed by atoms with Crippen LogP contribution in [0.25, 0.3) is 0 Å². The number of benzene rings is 5. The zero-order valence-corrected chi connectivity index (χ0v) is 49.0. The van der Waals surface area contributed by atoms with Crippen molar-refractivity contribution in [2.45, 2.75) is 25.0 Å². The first-order chi connectivity index (χ1) is 41.6. The van der Waals surface area contributed by atoms with Crippen molar-refractivity contribution in [2.75, 3.05) is 31.1 Å². The second-order valence-electron chi connectivity index (χ2n) is 16.8. The van der Waals surface area contributed by atoms with Crippen LogP contribution in [0.1, 0.15) is 19.8 Å². The van der Waals surface area contributed by atoms with E-state index in [1.807, 2.05) is 6.92 Å². The van der Waals surface area contributed by atoms with Crippen LogP contribution in [-0.2, 0) is 76.9 Å². The molecular formula is C55H44ClN7O21S4. The number of phenols is 2. The number of carbonyl (C=O) groups is 8. The summed E-state index contributed by atoms with van der Waals surface area (Å²) in [6, 6.07) is 32.0. The van der Waals surface area contributed by atoms with Gasteiger partial charge in [0, 0.05) is 78.9 Å². The lowest BCUT2D eigenvalue weighted by atomic mass is 10.3. The molecule has 28 nitrogen and oxygen atoms in total. The number of halogens is 1. The molecule has 33 heteroatoms. The second-order valence-corrected chi connectivity index (χ2v) is 22.5. The third-order valence-corrected chi connectivity index (χ3v) is 13.9. The number of nitrogens with zero attached hydrogens (tertiary/aromatic N) is 6. The molecule has 4 aliphatic heterocycles. The minimum atomic E-state index is -4.43. The number of allylic oxidation sites excluding steroid dienone is 2. The number of phenolic OH excluding ortho intramolecular Hbond substituents is 2. The SMILES string of the molecule is CCCSC1CC(=O)N(c2cccc(OS(=O)(=O)O/C=C/C#N)c2)C1=O.N#C/C=C/OS(=O)(=O)Oc1cccc(N2C(=O)C=CC2=O)c1.Nc1cccc(O)c1.O=C1C=CC(=O)N1c1cccc(O)c1.O=C1C=CC(=O)N1c1cccc(OS(=O)(=O)Cl)c1. The summed E-state index contributed by atoms with van der Waals surface area (Å²) in [5, 5.41) is 34.0. The Morgan fingerprint density at radius 1 is 0.545 bits per heavy atom. The van der Waals surface area contributed by atoms with Crippen LogP contribution in [0, 0.1) is 22.7 Å². The monoisotopic (exact) mass is 1300 g/mol. The lowest BCUT2D eigenvalue weighted by Crippen LogP contribution is -2.31. The molecule has 0 radical (unpaired) electrons. The zero-order chi connectivity index (χ0) is 64.8. The Morgan fingerprint density at radius 2 is 0.898 bits per heavy atom. The van der Waals surface area contributed by atoms with Gasteiger partial charge in [-0.25, -0.2) is 19.6 Å². The fraction of sp³-hybridized carbons (Fsp3) is 0.0909. The van der Waals surface area contributed by atoms with E-state index in [-0.39, 0.29) is 75.9 Å². The highest BCUT2D eigenvalue weighted by Crippen LogP contribution is 2.33. The van der Waals surface area contributed by atoms with E-state index < -0.39 is 59.0 Å². The first kappa shape index (κ1) is 68.0. The smallest absolute Gasteiger partial charge is 0.500 e. The molecule has 4 heterocycles. The molecule has 5 aromatic carbocycles. The summed E-state index contributed by atoms with van der Waals surface area (Å²) in [6.45, 7) is 1.99. The van der Waals surface area contributed by atoms with E-state index >= 15 is 0 Å². The fourth-order valence-electron chi connectivity index (χ4n) is 7.05. The van der Waals surface area contributed by atoms with Gasteiger partial charge in [0.2, 0.25) is 11.8 Å². The van der Waals surface area contributed by atoms with Gasteiger partial charge in [0.15, 0.2) is 0 Å². The topological polar surface area (TPSA) is 412 Å². The molecule has 4 N–H and O–H groups in total. The summed E-state index contributed by atoms with van der Waals surface area (Å²) in [7, 11) is -8.09.